The van der Waals surface area contributed by atoms with Gasteiger partial charge in [0.15, 0.2) is 15.8 Å². The molecule has 1 amide bonds. The molecule has 0 radical (unpaired) electrons. The third kappa shape index (κ3) is 4.12. The third-order valence-electron chi connectivity index (χ3n) is 3.72. The Labute approximate surface area is 179 Å². The molecule has 0 saturated carbocycles. The number of para-hydroxylation sites is 1. The molecule has 1 aliphatic heterocycles. The molecule has 0 bridgehead atoms. The Morgan fingerprint density at radius 2 is 2.07 bits per heavy atom. The van der Waals surface area contributed by atoms with Crippen molar-refractivity contribution in [2.45, 2.75) is 6.92 Å². The maximum Gasteiger partial charge on any atom is 0.270 e. The number of nitrogens with zero attached hydrogens (tertiary/aromatic N) is 1. The van der Waals surface area contributed by atoms with E-state index in [-0.39, 0.29) is 11.6 Å². The summed E-state index contributed by atoms with van der Waals surface area (Å²) in [4.78, 5) is 14.5. The monoisotopic (exact) mass is 515 g/mol. The maximum atomic E-state index is 14.1. The molecule has 0 aliphatic carbocycles. The predicted molar refractivity (Wildman–Crippen MR) is 119 cm³/mol. The molecule has 2 aromatic carbocycles. The Kier molecular flexibility index (Phi) is 6.38. The lowest BCUT2D eigenvalue weighted by atomic mass is 10.1. The first-order valence-electron chi connectivity index (χ1n) is 7.99. The summed E-state index contributed by atoms with van der Waals surface area (Å²) in [6, 6.07) is 9.77. The minimum absolute atomic E-state index is 0.155. The molecule has 1 aliphatic rings. The Hall–Kier alpha value is -1.65. The minimum atomic E-state index is -0.493. The number of amides is 1. The summed E-state index contributed by atoms with van der Waals surface area (Å²) in [5.41, 5.74) is 0.931. The number of benzene rings is 2. The van der Waals surface area contributed by atoms with Crippen molar-refractivity contribution in [2.75, 3.05) is 18.6 Å². The van der Waals surface area contributed by atoms with E-state index in [0.717, 1.165) is 20.9 Å². The number of rotatable bonds is 5. The van der Waals surface area contributed by atoms with Gasteiger partial charge >= 0.3 is 0 Å². The fraction of sp³-hybridized carbons (Fsp3) is 0.158. The number of hydrogen-bond donors (Lipinski definition) is 0. The maximum absolute atomic E-state index is 14.1. The molecule has 8 heteroatoms. The molecule has 1 fully saturated rings. The van der Waals surface area contributed by atoms with Gasteiger partial charge in [-0.3, -0.25) is 9.69 Å². The van der Waals surface area contributed by atoms with Crippen LogP contribution in [0, 0.1) is 9.39 Å². The van der Waals surface area contributed by atoms with Crippen LogP contribution in [-0.4, -0.2) is 23.9 Å². The number of methoxy groups -OCH3 is 1. The zero-order chi connectivity index (χ0) is 19.6. The van der Waals surface area contributed by atoms with Crippen LogP contribution in [0.5, 0.6) is 11.5 Å². The zero-order valence-corrected chi connectivity index (χ0v) is 18.3. The number of thiocarbonyl (C=S) groups is 1. The van der Waals surface area contributed by atoms with Crippen LogP contribution in [-0.2, 0) is 4.79 Å². The Balaban J connectivity index is 1.98. The molecule has 1 saturated heterocycles. The van der Waals surface area contributed by atoms with Crippen molar-refractivity contribution < 1.29 is 18.7 Å². The summed E-state index contributed by atoms with van der Waals surface area (Å²) in [6.07, 6.45) is 1.73. The summed E-state index contributed by atoms with van der Waals surface area (Å²) < 4.78 is 26.3. The van der Waals surface area contributed by atoms with E-state index in [9.17, 15) is 9.18 Å². The van der Waals surface area contributed by atoms with Crippen LogP contribution in [0.15, 0.2) is 41.3 Å². The molecule has 2 aromatic rings. The van der Waals surface area contributed by atoms with E-state index in [2.05, 4.69) is 22.6 Å². The average Bonchev–Trinajstić information content (AvgIpc) is 2.89. The van der Waals surface area contributed by atoms with Crippen molar-refractivity contribution in [1.82, 2.24) is 0 Å². The van der Waals surface area contributed by atoms with Crippen LogP contribution < -0.4 is 14.4 Å². The highest BCUT2D eigenvalue weighted by Crippen LogP contribution is 2.39. The topological polar surface area (TPSA) is 38.8 Å². The average molecular weight is 515 g/mol. The predicted octanol–water partition coefficient (Wildman–Crippen LogP) is 5.24. The number of hydrogen-bond acceptors (Lipinski definition) is 5. The van der Waals surface area contributed by atoms with Crippen molar-refractivity contribution in [3.05, 3.63) is 56.3 Å². The molecule has 1 heterocycles. The molecule has 27 heavy (non-hydrogen) atoms. The van der Waals surface area contributed by atoms with Crippen LogP contribution in [0.4, 0.5) is 10.1 Å². The largest absolute Gasteiger partial charge is 0.492 e. The zero-order valence-electron chi connectivity index (χ0n) is 14.5. The van der Waals surface area contributed by atoms with E-state index in [0.29, 0.717) is 27.3 Å². The van der Waals surface area contributed by atoms with E-state index in [1.165, 1.54) is 17.0 Å². The van der Waals surface area contributed by atoms with E-state index in [1.54, 1.807) is 31.4 Å². The standard InChI is InChI=1S/C19H15FINO3S2/c1-3-25-15-9-11(8-13(21)17(15)24-2)10-16-18(23)22(19(26)27-16)14-7-5-4-6-12(14)20/h4-10H,3H2,1-2H3/b16-10-. The number of ether oxygens (including phenoxy) is 2. The van der Waals surface area contributed by atoms with E-state index in [1.807, 2.05) is 13.0 Å². The van der Waals surface area contributed by atoms with Gasteiger partial charge in [-0.15, -0.1) is 0 Å². The number of carbonyl (C=O) groups is 1. The van der Waals surface area contributed by atoms with E-state index >= 15 is 0 Å². The highest BCUT2D eigenvalue weighted by Gasteiger charge is 2.34. The molecule has 0 spiro atoms. The summed E-state index contributed by atoms with van der Waals surface area (Å²) in [7, 11) is 1.58. The summed E-state index contributed by atoms with van der Waals surface area (Å²) in [5, 5.41) is 0. The fourth-order valence-corrected chi connectivity index (χ4v) is 4.72. The van der Waals surface area contributed by atoms with Crippen LogP contribution >= 0.6 is 46.6 Å². The minimum Gasteiger partial charge on any atom is -0.492 e. The van der Waals surface area contributed by atoms with Crippen LogP contribution in [0.3, 0.4) is 0 Å². The first-order chi connectivity index (χ1) is 13.0. The SMILES string of the molecule is CCOc1cc(/C=C2\SC(=S)N(c3ccccc3F)C2=O)cc(I)c1OC. The molecule has 4 nitrogen and oxygen atoms in total. The van der Waals surface area contributed by atoms with Crippen molar-refractivity contribution in [1.29, 1.82) is 0 Å². The van der Waals surface area contributed by atoms with Crippen LogP contribution in [0.2, 0.25) is 0 Å². The first-order valence-corrected chi connectivity index (χ1v) is 10.3. The second-order valence-electron chi connectivity index (χ2n) is 5.44. The van der Waals surface area contributed by atoms with Crippen molar-refractivity contribution in [2.24, 2.45) is 0 Å². The molecule has 0 aromatic heterocycles. The quantitative estimate of drug-likeness (QED) is 0.309. The van der Waals surface area contributed by atoms with Crippen molar-refractivity contribution >= 4 is 68.6 Å². The molecular weight excluding hydrogens is 500 g/mol. The van der Waals surface area contributed by atoms with Gasteiger partial charge in [-0.05, 0) is 65.4 Å². The molecule has 0 unspecified atom stereocenters. The van der Waals surface area contributed by atoms with Crippen LogP contribution in [0.1, 0.15) is 12.5 Å². The number of anilines is 1. The van der Waals surface area contributed by atoms with E-state index in [4.69, 9.17) is 21.7 Å². The van der Waals surface area contributed by atoms with E-state index < -0.39 is 5.82 Å². The van der Waals surface area contributed by atoms with Gasteiger partial charge in [0.1, 0.15) is 5.82 Å². The highest BCUT2D eigenvalue weighted by atomic mass is 127. The lowest BCUT2D eigenvalue weighted by Crippen LogP contribution is -2.28. The first kappa shape index (κ1) is 20.1. The Bertz CT molecular complexity index is 949. The Morgan fingerprint density at radius 3 is 2.74 bits per heavy atom. The molecule has 3 rings (SSSR count). The second-order valence-corrected chi connectivity index (χ2v) is 8.27. The van der Waals surface area contributed by atoms with Gasteiger partial charge in [-0.1, -0.05) is 36.1 Å². The highest BCUT2D eigenvalue weighted by molar-refractivity contribution is 14.1. The third-order valence-corrected chi connectivity index (χ3v) is 5.82. The van der Waals surface area contributed by atoms with Gasteiger partial charge < -0.3 is 9.47 Å². The van der Waals surface area contributed by atoms with Gasteiger partial charge in [0, 0.05) is 0 Å². The smallest absolute Gasteiger partial charge is 0.270 e. The van der Waals surface area contributed by atoms with Gasteiger partial charge in [0.2, 0.25) is 0 Å². The van der Waals surface area contributed by atoms with Crippen molar-refractivity contribution in [3.8, 4) is 11.5 Å². The van der Waals surface area contributed by atoms with Gasteiger partial charge in [-0.2, -0.15) is 0 Å². The number of thioether (sulfide) groups is 1. The lowest BCUT2D eigenvalue weighted by molar-refractivity contribution is -0.113. The molecule has 0 atom stereocenters. The summed E-state index contributed by atoms with van der Waals surface area (Å²) >= 11 is 8.60. The normalized spacial score (nSPS) is 15.6. The molecule has 0 N–H and O–H groups in total. The number of halogens is 2. The van der Waals surface area contributed by atoms with Gasteiger partial charge in [0.25, 0.3) is 5.91 Å². The van der Waals surface area contributed by atoms with Crippen LogP contribution in [0.25, 0.3) is 6.08 Å². The van der Waals surface area contributed by atoms with Gasteiger partial charge in [0.05, 0.1) is 27.9 Å². The second kappa shape index (κ2) is 8.57. The molecular formula is C19H15FINO3S2. The fourth-order valence-electron chi connectivity index (χ4n) is 2.59. The number of carbonyl (C=O) groups excluding carboxylic acids is 1. The lowest BCUT2D eigenvalue weighted by Gasteiger charge is -2.15. The van der Waals surface area contributed by atoms with Gasteiger partial charge in [-0.25, -0.2) is 4.39 Å². The summed E-state index contributed by atoms with van der Waals surface area (Å²) in [6.45, 7) is 2.38. The van der Waals surface area contributed by atoms with Crippen molar-refractivity contribution in [3.63, 3.8) is 0 Å². The summed E-state index contributed by atoms with van der Waals surface area (Å²) in [5.74, 6) is 0.405. The Morgan fingerprint density at radius 1 is 1.33 bits per heavy atom. The molecule has 140 valence electrons.